The minimum atomic E-state index is -0.337. The number of unbranched alkanes of at least 4 members (excludes halogenated alkanes) is 1. The Hall–Kier alpha value is -2.69. The molecule has 146 valence electrons. The lowest BCUT2D eigenvalue weighted by Gasteiger charge is -2.26. The Morgan fingerprint density at radius 3 is 2.79 bits per heavy atom. The van der Waals surface area contributed by atoms with Crippen LogP contribution < -0.4 is 10.2 Å². The first-order chi connectivity index (χ1) is 13.7. The van der Waals surface area contributed by atoms with Crippen molar-refractivity contribution in [2.24, 2.45) is 0 Å². The Balaban J connectivity index is 1.94. The molecule has 0 spiro atoms. The van der Waals surface area contributed by atoms with Crippen LogP contribution in [-0.4, -0.2) is 43.7 Å². The monoisotopic (exact) mass is 396 g/mol. The molecule has 0 radical (unpaired) electrons. The van der Waals surface area contributed by atoms with Crippen molar-refractivity contribution in [3.63, 3.8) is 0 Å². The highest BCUT2D eigenvalue weighted by molar-refractivity contribution is 7.17. The first-order valence-electron chi connectivity index (χ1n) is 9.52. The molecular formula is C21H24N4O2S. The van der Waals surface area contributed by atoms with Gasteiger partial charge in [-0.15, -0.1) is 0 Å². The average Bonchev–Trinajstić information content (AvgIpc) is 3.17. The predicted molar refractivity (Wildman–Crippen MR) is 112 cm³/mol. The van der Waals surface area contributed by atoms with Crippen molar-refractivity contribution in [2.75, 3.05) is 37.7 Å². The van der Waals surface area contributed by atoms with E-state index in [1.807, 2.05) is 36.4 Å². The lowest BCUT2D eigenvalue weighted by Crippen LogP contribution is -2.36. The molecule has 1 saturated heterocycles. The second kappa shape index (κ2) is 10.0. The number of thiazole rings is 1. The molecule has 2 aromatic rings. The van der Waals surface area contributed by atoms with E-state index < -0.39 is 0 Å². The average molecular weight is 397 g/mol. The molecule has 28 heavy (non-hydrogen) atoms. The van der Waals surface area contributed by atoms with Crippen LogP contribution in [-0.2, 0) is 9.53 Å². The van der Waals surface area contributed by atoms with Crippen molar-refractivity contribution in [1.29, 1.82) is 5.26 Å². The highest BCUT2D eigenvalue weighted by Gasteiger charge is 2.20. The summed E-state index contributed by atoms with van der Waals surface area (Å²) >= 11 is 1.50. The van der Waals surface area contributed by atoms with Gasteiger partial charge in [-0.2, -0.15) is 5.26 Å². The van der Waals surface area contributed by atoms with Crippen molar-refractivity contribution < 1.29 is 9.53 Å². The van der Waals surface area contributed by atoms with Crippen LogP contribution >= 0.6 is 11.3 Å². The van der Waals surface area contributed by atoms with Gasteiger partial charge in [-0.3, -0.25) is 4.79 Å². The number of nitrogens with one attached hydrogen (secondary N) is 1. The highest BCUT2D eigenvalue weighted by atomic mass is 32.1. The zero-order valence-corrected chi connectivity index (χ0v) is 16.8. The normalized spacial score (nSPS) is 14.6. The Kier molecular flexibility index (Phi) is 7.18. The van der Waals surface area contributed by atoms with Crippen LogP contribution in [0, 0.1) is 11.3 Å². The van der Waals surface area contributed by atoms with Gasteiger partial charge in [0.15, 0.2) is 5.13 Å². The smallest absolute Gasteiger partial charge is 0.261 e. The number of amides is 1. The van der Waals surface area contributed by atoms with Crippen molar-refractivity contribution in [2.45, 2.75) is 19.8 Å². The van der Waals surface area contributed by atoms with Gasteiger partial charge in [-0.25, -0.2) is 4.98 Å². The van der Waals surface area contributed by atoms with E-state index in [-0.39, 0.29) is 11.5 Å². The summed E-state index contributed by atoms with van der Waals surface area (Å²) in [5.41, 5.74) is 1.86. The second-order valence-corrected chi connectivity index (χ2v) is 7.46. The molecule has 0 bridgehead atoms. The number of benzene rings is 1. The molecule has 1 fully saturated rings. The molecule has 0 unspecified atom stereocenters. The van der Waals surface area contributed by atoms with Crippen molar-refractivity contribution in [1.82, 2.24) is 10.3 Å². The van der Waals surface area contributed by atoms with Gasteiger partial charge in [0.25, 0.3) is 5.91 Å². The summed E-state index contributed by atoms with van der Waals surface area (Å²) in [5.74, 6) is -0.337. The van der Waals surface area contributed by atoms with Gasteiger partial charge in [0.2, 0.25) is 0 Å². The van der Waals surface area contributed by atoms with E-state index in [1.165, 1.54) is 11.3 Å². The molecule has 2 heterocycles. The minimum absolute atomic E-state index is 0.102. The number of hydrogen-bond acceptors (Lipinski definition) is 6. The van der Waals surface area contributed by atoms with E-state index in [2.05, 4.69) is 17.1 Å². The Labute approximate surface area is 169 Å². The summed E-state index contributed by atoms with van der Waals surface area (Å²) in [7, 11) is 0. The number of morpholine rings is 1. The standard InChI is InChI=1S/C21H24N4O2S/c1-2-3-9-23-20(26)17(15-22)14-18-19(16-7-5-4-6-8-16)24-21(28-18)25-10-12-27-13-11-25/h4-8,14H,2-3,9-13H2,1H3,(H,23,26)/b17-14+. The van der Waals surface area contributed by atoms with Crippen molar-refractivity contribution in [3.05, 3.63) is 40.8 Å². The van der Waals surface area contributed by atoms with Crippen LogP contribution in [0.25, 0.3) is 17.3 Å². The molecule has 1 amide bonds. The number of nitriles is 1. The third-order valence-corrected chi connectivity index (χ3v) is 5.49. The molecule has 1 aliphatic rings. The summed E-state index contributed by atoms with van der Waals surface area (Å²) in [6.07, 6.45) is 3.54. The molecule has 0 aliphatic carbocycles. The summed E-state index contributed by atoms with van der Waals surface area (Å²) in [6, 6.07) is 11.9. The topological polar surface area (TPSA) is 78.2 Å². The molecule has 1 aliphatic heterocycles. The molecule has 6 nitrogen and oxygen atoms in total. The Morgan fingerprint density at radius 2 is 2.11 bits per heavy atom. The summed E-state index contributed by atoms with van der Waals surface area (Å²) in [6.45, 7) is 5.55. The molecule has 0 saturated carbocycles. The van der Waals surface area contributed by atoms with Gasteiger partial charge < -0.3 is 15.0 Å². The molecular weight excluding hydrogens is 372 g/mol. The number of aromatic nitrogens is 1. The number of rotatable bonds is 7. The van der Waals surface area contributed by atoms with Gasteiger partial charge in [-0.05, 0) is 12.5 Å². The number of carbonyl (C=O) groups is 1. The fourth-order valence-electron chi connectivity index (χ4n) is 2.86. The lowest BCUT2D eigenvalue weighted by atomic mass is 10.1. The van der Waals surface area contributed by atoms with Crippen LogP contribution in [0.2, 0.25) is 0 Å². The maximum atomic E-state index is 12.4. The molecule has 1 N–H and O–H groups in total. The lowest BCUT2D eigenvalue weighted by molar-refractivity contribution is -0.117. The fourth-order valence-corrected chi connectivity index (χ4v) is 3.95. The molecule has 3 rings (SSSR count). The van der Waals surface area contributed by atoms with Crippen molar-refractivity contribution >= 4 is 28.5 Å². The molecule has 7 heteroatoms. The molecule has 1 aromatic heterocycles. The summed E-state index contributed by atoms with van der Waals surface area (Å²) in [5, 5.41) is 13.2. The SMILES string of the molecule is CCCCNC(=O)/C(C#N)=C/c1sc(N2CCOCC2)nc1-c1ccccc1. The van der Waals surface area contributed by atoms with Crippen LogP contribution in [0.5, 0.6) is 0 Å². The third kappa shape index (κ3) is 4.97. The Morgan fingerprint density at radius 1 is 1.36 bits per heavy atom. The van der Waals surface area contributed by atoms with Gasteiger partial charge in [0.1, 0.15) is 11.6 Å². The maximum Gasteiger partial charge on any atom is 0.261 e. The van der Waals surface area contributed by atoms with Crippen LogP contribution in [0.1, 0.15) is 24.6 Å². The summed E-state index contributed by atoms with van der Waals surface area (Å²) < 4.78 is 5.43. The predicted octanol–water partition coefficient (Wildman–Crippen LogP) is 3.47. The third-order valence-electron chi connectivity index (χ3n) is 4.43. The maximum absolute atomic E-state index is 12.4. The van der Waals surface area contributed by atoms with E-state index in [4.69, 9.17) is 9.72 Å². The fraction of sp³-hybridized carbons (Fsp3) is 0.381. The van der Waals surface area contributed by atoms with Gasteiger partial charge in [0.05, 0.1) is 23.8 Å². The minimum Gasteiger partial charge on any atom is -0.378 e. The van der Waals surface area contributed by atoms with E-state index in [1.54, 1.807) is 6.08 Å². The first-order valence-corrected chi connectivity index (χ1v) is 10.3. The number of nitrogens with zero attached hydrogens (tertiary/aromatic N) is 3. The van der Waals surface area contributed by atoms with Crippen LogP contribution in [0.3, 0.4) is 0 Å². The number of anilines is 1. The number of hydrogen-bond donors (Lipinski definition) is 1. The number of carbonyl (C=O) groups excluding carboxylic acids is 1. The zero-order valence-electron chi connectivity index (χ0n) is 16.0. The van der Waals surface area contributed by atoms with E-state index >= 15 is 0 Å². The van der Waals surface area contributed by atoms with E-state index in [0.717, 1.165) is 47.2 Å². The highest BCUT2D eigenvalue weighted by Crippen LogP contribution is 2.35. The van der Waals surface area contributed by atoms with Crippen LogP contribution in [0.15, 0.2) is 35.9 Å². The zero-order chi connectivity index (χ0) is 19.8. The Bertz CT molecular complexity index is 864. The van der Waals surface area contributed by atoms with Crippen LogP contribution in [0.4, 0.5) is 5.13 Å². The van der Waals surface area contributed by atoms with Gasteiger partial charge in [0, 0.05) is 25.2 Å². The van der Waals surface area contributed by atoms with Crippen molar-refractivity contribution in [3.8, 4) is 17.3 Å². The van der Waals surface area contributed by atoms with Gasteiger partial charge >= 0.3 is 0 Å². The molecule has 0 atom stereocenters. The largest absolute Gasteiger partial charge is 0.378 e. The second-order valence-electron chi connectivity index (χ2n) is 6.45. The first kappa shape index (κ1) is 20.1. The number of ether oxygens (including phenoxy) is 1. The van der Waals surface area contributed by atoms with E-state index in [9.17, 15) is 10.1 Å². The van der Waals surface area contributed by atoms with E-state index in [0.29, 0.717) is 19.8 Å². The van der Waals surface area contributed by atoms with Gasteiger partial charge in [-0.1, -0.05) is 55.0 Å². The quantitative estimate of drug-likeness (QED) is 0.440. The summed E-state index contributed by atoms with van der Waals surface area (Å²) in [4.78, 5) is 20.2. The molecule has 1 aromatic carbocycles.